The highest BCUT2D eigenvalue weighted by Gasteiger charge is 2.33. The molecule has 0 saturated carbocycles. The summed E-state index contributed by atoms with van der Waals surface area (Å²) in [7, 11) is 0. The van der Waals surface area contributed by atoms with Crippen LogP contribution in [0.25, 0.3) is 22.4 Å². The fourth-order valence-corrected chi connectivity index (χ4v) is 3.40. The van der Waals surface area contributed by atoms with Crippen molar-refractivity contribution in [1.82, 2.24) is 15.0 Å². The van der Waals surface area contributed by atoms with Gasteiger partial charge in [-0.2, -0.15) is 13.2 Å². The van der Waals surface area contributed by atoms with Crippen LogP contribution in [0, 0.1) is 13.8 Å². The second-order valence-corrected chi connectivity index (χ2v) is 7.49. The molecule has 2 aromatic heterocycles. The SMILES string of the molecule is Cc1ccc2nc(-c3cc(NC(=O)c4ccc(C(F)(F)F)nc4C)ccc3Cl)[nH]c2c1. The van der Waals surface area contributed by atoms with E-state index in [2.05, 4.69) is 20.3 Å². The maximum atomic E-state index is 12.8. The molecule has 0 atom stereocenters. The van der Waals surface area contributed by atoms with Crippen LogP contribution >= 0.6 is 11.6 Å². The van der Waals surface area contributed by atoms with Crippen LogP contribution in [0.1, 0.15) is 27.3 Å². The van der Waals surface area contributed by atoms with Gasteiger partial charge in [0.25, 0.3) is 5.91 Å². The number of hydrogen-bond donors (Lipinski definition) is 2. The number of aromatic amines is 1. The molecule has 158 valence electrons. The fraction of sp³-hybridized carbons (Fsp3) is 0.136. The quantitative estimate of drug-likeness (QED) is 0.397. The van der Waals surface area contributed by atoms with E-state index in [0.717, 1.165) is 28.7 Å². The summed E-state index contributed by atoms with van der Waals surface area (Å²) in [5.74, 6) is -0.0405. The molecule has 4 aromatic rings. The summed E-state index contributed by atoms with van der Waals surface area (Å²) in [6.45, 7) is 3.33. The van der Waals surface area contributed by atoms with E-state index in [-0.39, 0.29) is 11.3 Å². The Morgan fingerprint density at radius 2 is 1.81 bits per heavy atom. The minimum absolute atomic E-state index is 0.0193. The lowest BCUT2D eigenvalue weighted by Gasteiger charge is -2.11. The number of hydrogen-bond acceptors (Lipinski definition) is 3. The Labute approximate surface area is 180 Å². The van der Waals surface area contributed by atoms with Crippen LogP contribution in [0.4, 0.5) is 18.9 Å². The number of alkyl halides is 3. The van der Waals surface area contributed by atoms with E-state index >= 15 is 0 Å². The number of nitrogens with one attached hydrogen (secondary N) is 2. The van der Waals surface area contributed by atoms with Crippen molar-refractivity contribution in [3.63, 3.8) is 0 Å². The van der Waals surface area contributed by atoms with Crippen molar-refractivity contribution in [2.24, 2.45) is 0 Å². The molecule has 1 amide bonds. The Hall–Kier alpha value is -3.39. The normalized spacial score (nSPS) is 11.7. The molecule has 0 aliphatic heterocycles. The number of anilines is 1. The van der Waals surface area contributed by atoms with E-state index in [0.29, 0.717) is 22.1 Å². The lowest BCUT2D eigenvalue weighted by atomic mass is 10.1. The van der Waals surface area contributed by atoms with E-state index in [1.807, 2.05) is 25.1 Å². The summed E-state index contributed by atoms with van der Waals surface area (Å²) >= 11 is 6.34. The average molecular weight is 445 g/mol. The minimum Gasteiger partial charge on any atom is -0.338 e. The number of carbonyl (C=O) groups excluding carboxylic acids is 1. The molecule has 0 radical (unpaired) electrons. The molecule has 0 saturated heterocycles. The first-order valence-electron chi connectivity index (χ1n) is 9.24. The zero-order chi connectivity index (χ0) is 22.3. The van der Waals surface area contributed by atoms with Crippen LogP contribution in [-0.4, -0.2) is 20.9 Å². The van der Waals surface area contributed by atoms with Gasteiger partial charge in [0.2, 0.25) is 0 Å². The van der Waals surface area contributed by atoms with Crippen molar-refractivity contribution in [1.29, 1.82) is 0 Å². The molecule has 2 heterocycles. The van der Waals surface area contributed by atoms with Gasteiger partial charge in [0, 0.05) is 11.3 Å². The van der Waals surface area contributed by atoms with Crippen LogP contribution in [-0.2, 0) is 6.18 Å². The fourth-order valence-electron chi connectivity index (χ4n) is 3.19. The first-order valence-corrected chi connectivity index (χ1v) is 9.62. The molecule has 2 N–H and O–H groups in total. The summed E-state index contributed by atoms with van der Waals surface area (Å²) in [4.78, 5) is 23.9. The number of aryl methyl sites for hydroxylation is 2. The number of rotatable bonds is 3. The van der Waals surface area contributed by atoms with E-state index < -0.39 is 17.8 Å². The summed E-state index contributed by atoms with van der Waals surface area (Å²) in [5, 5.41) is 3.11. The maximum absolute atomic E-state index is 12.8. The standard InChI is InChI=1S/C22H16ClF3N4O/c1-11-3-7-17-18(9-11)30-20(29-17)15-10-13(4-6-16(15)23)28-21(31)14-5-8-19(22(24,25)26)27-12(14)2/h3-10H,1-2H3,(H,28,31)(H,29,30). The molecule has 2 aromatic carbocycles. The number of pyridine rings is 1. The van der Waals surface area contributed by atoms with Gasteiger partial charge < -0.3 is 10.3 Å². The molecule has 5 nitrogen and oxygen atoms in total. The number of nitrogens with zero attached hydrogens (tertiary/aromatic N) is 2. The zero-order valence-corrected chi connectivity index (χ0v) is 17.2. The third kappa shape index (κ3) is 4.25. The summed E-state index contributed by atoms with van der Waals surface area (Å²) in [5.41, 5.74) is 2.68. The Bertz CT molecular complexity index is 1310. The molecule has 0 aliphatic carbocycles. The molecule has 0 spiro atoms. The number of fused-ring (bicyclic) bond motifs is 1. The van der Waals surface area contributed by atoms with Gasteiger partial charge in [0.05, 0.1) is 27.3 Å². The van der Waals surface area contributed by atoms with Crippen molar-refractivity contribution >= 4 is 34.2 Å². The third-order valence-corrected chi connectivity index (χ3v) is 5.07. The molecule has 31 heavy (non-hydrogen) atoms. The van der Waals surface area contributed by atoms with Gasteiger partial charge in [0.1, 0.15) is 11.5 Å². The zero-order valence-electron chi connectivity index (χ0n) is 16.4. The van der Waals surface area contributed by atoms with Crippen LogP contribution in [0.15, 0.2) is 48.5 Å². The highest BCUT2D eigenvalue weighted by Crippen LogP contribution is 2.31. The Morgan fingerprint density at radius 1 is 1.03 bits per heavy atom. The highest BCUT2D eigenvalue weighted by atomic mass is 35.5. The molecule has 0 fully saturated rings. The maximum Gasteiger partial charge on any atom is 0.433 e. The predicted molar refractivity (Wildman–Crippen MR) is 113 cm³/mol. The summed E-state index contributed by atoms with van der Waals surface area (Å²) in [6, 6.07) is 12.6. The number of amides is 1. The lowest BCUT2D eigenvalue weighted by Crippen LogP contribution is -2.16. The predicted octanol–water partition coefficient (Wildman–Crippen LogP) is 6.17. The van der Waals surface area contributed by atoms with Crippen LogP contribution in [0.2, 0.25) is 5.02 Å². The van der Waals surface area contributed by atoms with Crippen molar-refractivity contribution < 1.29 is 18.0 Å². The van der Waals surface area contributed by atoms with E-state index in [1.54, 1.807) is 18.2 Å². The first kappa shape index (κ1) is 20.9. The average Bonchev–Trinajstić information content (AvgIpc) is 3.11. The lowest BCUT2D eigenvalue weighted by molar-refractivity contribution is -0.141. The van der Waals surface area contributed by atoms with Gasteiger partial charge >= 0.3 is 6.18 Å². The second kappa shape index (κ2) is 7.70. The second-order valence-electron chi connectivity index (χ2n) is 7.08. The minimum atomic E-state index is -4.57. The first-order chi connectivity index (χ1) is 14.6. The van der Waals surface area contributed by atoms with Gasteiger partial charge in [0.15, 0.2) is 0 Å². The molecule has 0 bridgehead atoms. The molecule has 4 rings (SSSR count). The van der Waals surface area contributed by atoms with Gasteiger partial charge in [-0.25, -0.2) is 9.97 Å². The smallest absolute Gasteiger partial charge is 0.338 e. The van der Waals surface area contributed by atoms with E-state index in [9.17, 15) is 18.0 Å². The number of imidazole rings is 1. The molecule has 0 unspecified atom stereocenters. The summed E-state index contributed by atoms with van der Waals surface area (Å²) in [6.07, 6.45) is -4.57. The number of benzene rings is 2. The Balaban J connectivity index is 1.63. The number of aromatic nitrogens is 3. The van der Waals surface area contributed by atoms with Crippen LogP contribution < -0.4 is 5.32 Å². The van der Waals surface area contributed by atoms with E-state index in [1.165, 1.54) is 6.92 Å². The molecular formula is C22H16ClF3N4O. The Kier molecular flexibility index (Phi) is 5.18. The van der Waals surface area contributed by atoms with Crippen molar-refractivity contribution in [2.75, 3.05) is 5.32 Å². The van der Waals surface area contributed by atoms with E-state index in [4.69, 9.17) is 11.6 Å². The van der Waals surface area contributed by atoms with Gasteiger partial charge in [-0.05, 0) is 61.9 Å². The van der Waals surface area contributed by atoms with Gasteiger partial charge in [-0.15, -0.1) is 0 Å². The molecule has 9 heteroatoms. The van der Waals surface area contributed by atoms with Crippen LogP contribution in [0.5, 0.6) is 0 Å². The largest absolute Gasteiger partial charge is 0.433 e. The molecular weight excluding hydrogens is 429 g/mol. The summed E-state index contributed by atoms with van der Waals surface area (Å²) < 4.78 is 38.4. The highest BCUT2D eigenvalue weighted by molar-refractivity contribution is 6.33. The monoisotopic (exact) mass is 444 g/mol. The number of halogens is 4. The van der Waals surface area contributed by atoms with Gasteiger partial charge in [-0.3, -0.25) is 4.79 Å². The number of H-pyrrole nitrogens is 1. The van der Waals surface area contributed by atoms with Crippen LogP contribution in [0.3, 0.4) is 0 Å². The third-order valence-electron chi connectivity index (χ3n) is 4.74. The number of carbonyl (C=O) groups is 1. The topological polar surface area (TPSA) is 70.7 Å². The van der Waals surface area contributed by atoms with Crippen molar-refractivity contribution in [3.05, 3.63) is 76.1 Å². The Morgan fingerprint density at radius 3 is 2.52 bits per heavy atom. The van der Waals surface area contributed by atoms with Crippen molar-refractivity contribution in [2.45, 2.75) is 20.0 Å². The van der Waals surface area contributed by atoms with Crippen molar-refractivity contribution in [3.8, 4) is 11.4 Å². The molecule has 0 aliphatic rings. The van der Waals surface area contributed by atoms with Gasteiger partial charge in [-0.1, -0.05) is 17.7 Å².